The van der Waals surface area contributed by atoms with E-state index in [4.69, 9.17) is 4.74 Å². The third kappa shape index (κ3) is 5.62. The quantitative estimate of drug-likeness (QED) is 0.771. The number of amides is 2. The Balaban J connectivity index is 1.59. The van der Waals surface area contributed by atoms with Crippen LogP contribution in [0.2, 0.25) is 0 Å². The van der Waals surface area contributed by atoms with E-state index in [0.29, 0.717) is 31.9 Å². The molecular formula is C20H22F3N5O3. The number of carbonyl (C=O) groups excluding carboxylic acids is 2. The largest absolute Gasteiger partial charge is 0.449 e. The molecule has 0 radical (unpaired) electrons. The maximum atomic E-state index is 13.2. The van der Waals surface area contributed by atoms with Crippen molar-refractivity contribution < 1.29 is 27.5 Å². The van der Waals surface area contributed by atoms with E-state index in [1.165, 1.54) is 23.1 Å². The smallest absolute Gasteiger partial charge is 0.417 e. The Labute approximate surface area is 177 Å². The zero-order valence-corrected chi connectivity index (χ0v) is 16.9. The third-order valence-corrected chi connectivity index (χ3v) is 4.67. The molecule has 31 heavy (non-hydrogen) atoms. The van der Waals surface area contributed by atoms with E-state index in [0.717, 1.165) is 6.07 Å². The van der Waals surface area contributed by atoms with Gasteiger partial charge in [0.05, 0.1) is 17.7 Å². The third-order valence-electron chi connectivity index (χ3n) is 4.67. The number of piperazine rings is 1. The monoisotopic (exact) mass is 437 g/mol. The predicted octanol–water partition coefficient (Wildman–Crippen LogP) is 3.42. The second-order valence-corrected chi connectivity index (χ2v) is 6.86. The summed E-state index contributed by atoms with van der Waals surface area (Å²) in [5.74, 6) is 0.126. The number of rotatable bonds is 5. The molecule has 1 aromatic carbocycles. The number of nitrogens with zero attached hydrogens (tertiary/aromatic N) is 4. The van der Waals surface area contributed by atoms with Crippen LogP contribution in [-0.2, 0) is 10.9 Å². The van der Waals surface area contributed by atoms with Crippen molar-refractivity contribution >= 4 is 23.6 Å². The van der Waals surface area contributed by atoms with Gasteiger partial charge in [0.1, 0.15) is 0 Å². The number of ether oxygens (including phenoxy) is 1. The van der Waals surface area contributed by atoms with E-state index < -0.39 is 23.7 Å². The molecule has 0 unspecified atom stereocenters. The number of carbonyl (C=O) groups is 2. The van der Waals surface area contributed by atoms with Gasteiger partial charge in [-0.2, -0.15) is 13.2 Å². The highest BCUT2D eigenvalue weighted by Crippen LogP contribution is 2.32. The zero-order valence-electron chi connectivity index (χ0n) is 16.9. The molecule has 0 aliphatic carbocycles. The van der Waals surface area contributed by atoms with Crippen molar-refractivity contribution in [2.75, 3.05) is 43.0 Å². The van der Waals surface area contributed by atoms with Gasteiger partial charge in [-0.25, -0.2) is 4.79 Å². The number of halogens is 3. The van der Waals surface area contributed by atoms with E-state index in [9.17, 15) is 22.8 Å². The van der Waals surface area contributed by atoms with E-state index in [-0.39, 0.29) is 24.5 Å². The fourth-order valence-corrected chi connectivity index (χ4v) is 3.12. The summed E-state index contributed by atoms with van der Waals surface area (Å²) in [6.07, 6.45) is -4.51. The average Bonchev–Trinajstić information content (AvgIpc) is 2.77. The summed E-state index contributed by atoms with van der Waals surface area (Å²) >= 11 is 0. The molecule has 8 nitrogen and oxygen atoms in total. The van der Waals surface area contributed by atoms with E-state index >= 15 is 0 Å². The summed E-state index contributed by atoms with van der Waals surface area (Å²) in [5, 5.41) is 10.5. The summed E-state index contributed by atoms with van der Waals surface area (Å²) in [6.45, 7) is 3.45. The fraction of sp³-hybridized carbons (Fsp3) is 0.400. The predicted molar refractivity (Wildman–Crippen MR) is 107 cm³/mol. The number of hydrogen-bond acceptors (Lipinski definition) is 6. The summed E-state index contributed by atoms with van der Waals surface area (Å²) < 4.78 is 44.5. The average molecular weight is 437 g/mol. The molecule has 2 heterocycles. The van der Waals surface area contributed by atoms with E-state index in [1.54, 1.807) is 12.1 Å². The maximum Gasteiger partial charge on any atom is 0.417 e. The van der Waals surface area contributed by atoms with Crippen LogP contribution in [0.5, 0.6) is 0 Å². The van der Waals surface area contributed by atoms with Gasteiger partial charge in [-0.15, -0.1) is 10.2 Å². The molecule has 1 aromatic heterocycles. The Morgan fingerprint density at radius 1 is 1.06 bits per heavy atom. The van der Waals surface area contributed by atoms with E-state index in [1.807, 2.05) is 11.8 Å². The first-order valence-corrected chi connectivity index (χ1v) is 9.77. The van der Waals surface area contributed by atoms with Crippen molar-refractivity contribution in [1.82, 2.24) is 15.1 Å². The van der Waals surface area contributed by atoms with Crippen LogP contribution < -0.4 is 10.2 Å². The van der Waals surface area contributed by atoms with Gasteiger partial charge in [-0.1, -0.05) is 19.1 Å². The molecule has 3 rings (SSSR count). The highest BCUT2D eigenvalue weighted by Gasteiger charge is 2.36. The van der Waals surface area contributed by atoms with Crippen molar-refractivity contribution in [3.8, 4) is 0 Å². The van der Waals surface area contributed by atoms with Gasteiger partial charge < -0.3 is 14.5 Å². The Morgan fingerprint density at radius 2 is 1.77 bits per heavy atom. The summed E-state index contributed by atoms with van der Waals surface area (Å²) in [5.41, 5.74) is -1.29. The first-order chi connectivity index (χ1) is 14.8. The van der Waals surface area contributed by atoms with Crippen LogP contribution in [0.3, 0.4) is 0 Å². The maximum absolute atomic E-state index is 13.2. The summed E-state index contributed by atoms with van der Waals surface area (Å²) in [4.78, 5) is 27.5. The van der Waals surface area contributed by atoms with Crippen molar-refractivity contribution in [1.29, 1.82) is 0 Å². The molecule has 1 aliphatic heterocycles. The molecule has 1 N–H and O–H groups in total. The second-order valence-electron chi connectivity index (χ2n) is 6.86. The zero-order chi connectivity index (χ0) is 22.4. The minimum absolute atomic E-state index is 0.238. The first kappa shape index (κ1) is 22.3. The van der Waals surface area contributed by atoms with Gasteiger partial charge in [-0.3, -0.25) is 10.1 Å². The molecule has 2 aromatic rings. The van der Waals surface area contributed by atoms with E-state index in [2.05, 4.69) is 15.5 Å². The summed E-state index contributed by atoms with van der Waals surface area (Å²) in [7, 11) is 0. The molecular weight excluding hydrogens is 415 g/mol. The SMILES string of the molecule is CCCOC(=O)Nc1ccc(N2CCN(C(=O)c3ccccc3C(F)(F)F)CC2)nn1. The normalized spacial score (nSPS) is 14.3. The van der Waals surface area contributed by atoms with Crippen molar-refractivity contribution in [3.63, 3.8) is 0 Å². The standard InChI is InChI=1S/C20H22F3N5O3/c1-2-13-31-19(30)24-16-7-8-17(26-25-16)27-9-11-28(12-10-27)18(29)14-5-3-4-6-15(14)20(21,22)23/h3-8H,2,9-13H2,1H3,(H,24,25,30). The number of hydrogen-bond donors (Lipinski definition) is 1. The van der Waals surface area contributed by atoms with Crippen LogP contribution in [0, 0.1) is 0 Å². The molecule has 0 bridgehead atoms. The molecule has 11 heteroatoms. The number of benzene rings is 1. The van der Waals surface area contributed by atoms with Crippen molar-refractivity contribution in [2.24, 2.45) is 0 Å². The fourth-order valence-electron chi connectivity index (χ4n) is 3.12. The lowest BCUT2D eigenvalue weighted by atomic mass is 10.1. The molecule has 0 spiro atoms. The molecule has 1 saturated heterocycles. The van der Waals surface area contributed by atoms with Crippen LogP contribution in [0.4, 0.5) is 29.6 Å². The number of nitrogens with one attached hydrogen (secondary N) is 1. The molecule has 1 aliphatic rings. The van der Waals surface area contributed by atoms with Gasteiger partial charge in [0.25, 0.3) is 5.91 Å². The van der Waals surface area contributed by atoms with Gasteiger partial charge in [0.15, 0.2) is 11.6 Å². The van der Waals surface area contributed by atoms with Crippen LogP contribution in [0.15, 0.2) is 36.4 Å². The Hall–Kier alpha value is -3.37. The molecule has 166 valence electrons. The number of aromatic nitrogens is 2. The van der Waals surface area contributed by atoms with Crippen LogP contribution in [-0.4, -0.2) is 59.9 Å². The van der Waals surface area contributed by atoms with Crippen LogP contribution in [0.25, 0.3) is 0 Å². The topological polar surface area (TPSA) is 87.7 Å². The van der Waals surface area contributed by atoms with Crippen LogP contribution >= 0.6 is 0 Å². The minimum Gasteiger partial charge on any atom is -0.449 e. The lowest BCUT2D eigenvalue weighted by molar-refractivity contribution is -0.138. The first-order valence-electron chi connectivity index (χ1n) is 9.77. The summed E-state index contributed by atoms with van der Waals surface area (Å²) in [6, 6.07) is 8.03. The lowest BCUT2D eigenvalue weighted by Gasteiger charge is -2.35. The van der Waals surface area contributed by atoms with Crippen molar-refractivity contribution in [3.05, 3.63) is 47.5 Å². The van der Waals surface area contributed by atoms with Crippen molar-refractivity contribution in [2.45, 2.75) is 19.5 Å². The molecule has 0 atom stereocenters. The second kappa shape index (κ2) is 9.63. The van der Waals surface area contributed by atoms with Gasteiger partial charge in [-0.05, 0) is 30.7 Å². The molecule has 0 saturated carbocycles. The minimum atomic E-state index is -4.59. The van der Waals surface area contributed by atoms with Gasteiger partial charge >= 0.3 is 12.3 Å². The Bertz CT molecular complexity index is 913. The van der Waals surface area contributed by atoms with Crippen LogP contribution in [0.1, 0.15) is 29.3 Å². The highest BCUT2D eigenvalue weighted by molar-refractivity contribution is 5.96. The van der Waals surface area contributed by atoms with Gasteiger partial charge in [0, 0.05) is 26.2 Å². The highest BCUT2D eigenvalue weighted by atomic mass is 19.4. The molecule has 2 amide bonds. The van der Waals surface area contributed by atoms with Gasteiger partial charge in [0.2, 0.25) is 0 Å². The molecule has 1 fully saturated rings. The lowest BCUT2D eigenvalue weighted by Crippen LogP contribution is -2.49. The Kier molecular flexibility index (Phi) is 6.93. The number of anilines is 2. The Morgan fingerprint density at radius 3 is 2.39 bits per heavy atom. The number of alkyl halides is 3.